The van der Waals surface area contributed by atoms with Gasteiger partial charge in [-0.15, -0.1) is 0 Å². The van der Waals surface area contributed by atoms with Gasteiger partial charge in [0.25, 0.3) is 8.18 Å². The molecule has 2 aromatic heterocycles. The summed E-state index contributed by atoms with van der Waals surface area (Å²) in [6, 6.07) is -0.802. The third kappa shape index (κ3) is 5.90. The number of fused-ring (bicyclic) bond motifs is 1. The minimum Gasteiger partial charge on any atom is -0.479 e. The highest BCUT2D eigenvalue weighted by Crippen LogP contribution is 2.41. The van der Waals surface area contributed by atoms with Crippen molar-refractivity contribution in [2.75, 3.05) is 26.1 Å². The third-order valence-corrected chi connectivity index (χ3v) is 6.57. The minimum absolute atomic E-state index is 0.0728. The molecule has 1 saturated heterocycles. The van der Waals surface area contributed by atoms with Gasteiger partial charge in [-0.2, -0.15) is 9.97 Å². The minimum atomic E-state index is -2.91. The van der Waals surface area contributed by atoms with Crippen LogP contribution in [0.25, 0.3) is 11.2 Å². The Morgan fingerprint density at radius 1 is 1.43 bits per heavy atom. The van der Waals surface area contributed by atoms with E-state index in [-0.39, 0.29) is 36.6 Å². The van der Waals surface area contributed by atoms with E-state index in [0.717, 1.165) is 0 Å². The van der Waals surface area contributed by atoms with Crippen molar-refractivity contribution in [2.24, 2.45) is 5.92 Å². The molecule has 1 aliphatic heterocycles. The van der Waals surface area contributed by atoms with Crippen LogP contribution in [0, 0.1) is 5.92 Å². The van der Waals surface area contributed by atoms with E-state index in [2.05, 4.69) is 20.0 Å². The third-order valence-electron chi connectivity index (χ3n) is 5.56. The Kier molecular flexibility index (Phi) is 8.67. The van der Waals surface area contributed by atoms with Crippen LogP contribution in [-0.4, -0.2) is 79.9 Å². The number of nitrogens with one attached hydrogen (secondary N) is 1. The first-order valence-electron chi connectivity index (χ1n) is 11.2. The molecular formula is C20H33N6O8P. The number of ether oxygens (including phenoxy) is 3. The second kappa shape index (κ2) is 11.1. The van der Waals surface area contributed by atoms with Crippen molar-refractivity contribution in [3.8, 4) is 5.88 Å². The molecule has 0 spiro atoms. The number of carbonyl (C=O) groups excluding carboxylic acids is 1. The molecule has 0 bridgehead atoms. The van der Waals surface area contributed by atoms with Gasteiger partial charge in [0.05, 0.1) is 26.7 Å². The lowest BCUT2D eigenvalue weighted by atomic mass is 9.96. The number of anilines is 1. The molecule has 6 atom stereocenters. The van der Waals surface area contributed by atoms with E-state index in [1.807, 2.05) is 13.8 Å². The Labute approximate surface area is 203 Å². The summed E-state index contributed by atoms with van der Waals surface area (Å²) in [4.78, 5) is 24.5. The van der Waals surface area contributed by atoms with Gasteiger partial charge in [0.15, 0.2) is 17.4 Å². The first-order valence-corrected chi connectivity index (χ1v) is 12.5. The van der Waals surface area contributed by atoms with E-state index in [9.17, 15) is 19.6 Å². The number of rotatable bonds is 11. The highest BCUT2D eigenvalue weighted by atomic mass is 31.1. The second-order valence-electron chi connectivity index (χ2n) is 8.79. The molecule has 0 amide bonds. The van der Waals surface area contributed by atoms with Gasteiger partial charge in [0.1, 0.15) is 23.9 Å². The zero-order chi connectivity index (χ0) is 25.9. The van der Waals surface area contributed by atoms with Crippen molar-refractivity contribution in [3.63, 3.8) is 0 Å². The van der Waals surface area contributed by atoms with Crippen LogP contribution in [0.1, 0.15) is 40.3 Å². The number of nitrogens with two attached hydrogens (primary N) is 1. The fourth-order valence-electron chi connectivity index (χ4n) is 3.87. The zero-order valence-electron chi connectivity index (χ0n) is 20.3. The molecule has 5 N–H and O–H groups in total. The summed E-state index contributed by atoms with van der Waals surface area (Å²) in [5, 5.41) is 24.4. The van der Waals surface area contributed by atoms with E-state index in [1.54, 1.807) is 6.92 Å². The molecule has 14 nitrogen and oxygen atoms in total. The Balaban J connectivity index is 1.72. The van der Waals surface area contributed by atoms with Gasteiger partial charge in [0.2, 0.25) is 11.8 Å². The van der Waals surface area contributed by atoms with Gasteiger partial charge in [-0.1, -0.05) is 13.8 Å². The van der Waals surface area contributed by atoms with Crippen LogP contribution in [0.4, 0.5) is 5.95 Å². The molecule has 35 heavy (non-hydrogen) atoms. The predicted molar refractivity (Wildman–Crippen MR) is 125 cm³/mol. The summed E-state index contributed by atoms with van der Waals surface area (Å²) >= 11 is 0. The van der Waals surface area contributed by atoms with Gasteiger partial charge in [-0.3, -0.25) is 13.9 Å². The number of aliphatic hydroxyl groups is 2. The molecule has 1 fully saturated rings. The molecule has 0 aromatic carbocycles. The zero-order valence-corrected chi connectivity index (χ0v) is 21.3. The fourth-order valence-corrected chi connectivity index (χ4v) is 4.79. The fraction of sp³-hybridized carbons (Fsp3) is 0.700. The number of esters is 1. The topological polar surface area (TPSA) is 193 Å². The van der Waals surface area contributed by atoms with E-state index < -0.39 is 44.2 Å². The smallest absolute Gasteiger partial charge is 0.323 e. The lowest BCUT2D eigenvalue weighted by Crippen LogP contribution is -2.44. The van der Waals surface area contributed by atoms with E-state index in [1.165, 1.54) is 24.9 Å². The average Bonchev–Trinajstić information content (AvgIpc) is 3.29. The quantitative estimate of drug-likeness (QED) is 0.237. The predicted octanol–water partition coefficient (Wildman–Crippen LogP) is 0.400. The number of nitrogen functional groups attached to an aromatic ring is 1. The number of aliphatic hydroxyl groups excluding tert-OH is 1. The normalized spacial score (nSPS) is 26.2. The second-order valence-corrected chi connectivity index (χ2v) is 9.94. The molecule has 0 saturated carbocycles. The number of hydrogen-bond donors (Lipinski definition) is 4. The Morgan fingerprint density at radius 3 is 2.77 bits per heavy atom. The molecule has 2 aromatic rings. The van der Waals surface area contributed by atoms with Gasteiger partial charge in [-0.05, 0) is 26.2 Å². The van der Waals surface area contributed by atoms with Crippen LogP contribution in [-0.2, 0) is 23.4 Å². The summed E-state index contributed by atoms with van der Waals surface area (Å²) < 4.78 is 35.4. The van der Waals surface area contributed by atoms with Gasteiger partial charge in [0, 0.05) is 0 Å². The van der Waals surface area contributed by atoms with Crippen molar-refractivity contribution in [3.05, 3.63) is 6.33 Å². The van der Waals surface area contributed by atoms with Crippen LogP contribution in [0.3, 0.4) is 0 Å². The summed E-state index contributed by atoms with van der Waals surface area (Å²) in [7, 11) is -1.50. The SMILES string of the molecule is CCOC(=O)[C@H](CC(C)C)N[PH](=O)OC[C@H]1O[C@@H](n2cnc3c(OC)nc(N)nc32)C(C)(O)C1O. The first kappa shape index (κ1) is 27.2. The van der Waals surface area contributed by atoms with E-state index >= 15 is 0 Å². The molecule has 15 heteroatoms. The van der Waals surface area contributed by atoms with Crippen molar-refractivity contribution >= 4 is 31.3 Å². The number of carbonyl (C=O) groups is 1. The first-order chi connectivity index (χ1) is 16.5. The number of imidazole rings is 1. The Hall–Kier alpha value is -2.35. The van der Waals surface area contributed by atoms with Gasteiger partial charge < -0.3 is 34.7 Å². The molecule has 0 aliphatic carbocycles. The largest absolute Gasteiger partial charge is 0.479 e. The highest BCUT2D eigenvalue weighted by molar-refractivity contribution is 7.36. The molecule has 196 valence electrons. The summed E-state index contributed by atoms with van der Waals surface area (Å²) in [5.74, 6) is -0.307. The number of nitrogens with zero attached hydrogens (tertiary/aromatic N) is 4. The maximum atomic E-state index is 12.5. The average molecular weight is 516 g/mol. The van der Waals surface area contributed by atoms with Crippen LogP contribution >= 0.6 is 8.18 Å². The number of aromatic nitrogens is 4. The monoisotopic (exact) mass is 516 g/mol. The lowest BCUT2D eigenvalue weighted by molar-refractivity contribution is -0.145. The molecular weight excluding hydrogens is 483 g/mol. The van der Waals surface area contributed by atoms with Gasteiger partial charge in [-0.25, -0.2) is 10.1 Å². The van der Waals surface area contributed by atoms with Crippen molar-refractivity contribution < 1.29 is 38.3 Å². The van der Waals surface area contributed by atoms with Crippen molar-refractivity contribution in [2.45, 2.75) is 64.2 Å². The molecule has 3 rings (SSSR count). The highest BCUT2D eigenvalue weighted by Gasteiger charge is 2.53. The Bertz CT molecular complexity index is 1060. The standard InChI is InChI=1S/C20H33N6O8P/c1-6-32-17(28)11(7-10(2)3)25-35(30)33-8-12-14(27)20(4,29)18(34-12)26-9-22-13-15(26)23-19(21)24-16(13)31-5/h9-12,14,18,27,29,35H,6-8H2,1-5H3,(H,25,30)(H2,21,23,24)/t11-,12+,14?,18+,20?/m0/s1. The maximum absolute atomic E-state index is 12.5. The van der Waals surface area contributed by atoms with Crippen LogP contribution in [0.5, 0.6) is 5.88 Å². The van der Waals surface area contributed by atoms with E-state index in [4.69, 9.17) is 24.5 Å². The number of methoxy groups -OCH3 is 1. The Morgan fingerprint density at radius 2 is 2.14 bits per heavy atom. The van der Waals surface area contributed by atoms with E-state index in [0.29, 0.717) is 11.9 Å². The lowest BCUT2D eigenvalue weighted by Gasteiger charge is -2.27. The summed E-state index contributed by atoms with van der Waals surface area (Å²) in [6.45, 7) is 6.79. The van der Waals surface area contributed by atoms with Gasteiger partial charge >= 0.3 is 5.97 Å². The maximum Gasteiger partial charge on any atom is 0.323 e. The van der Waals surface area contributed by atoms with Crippen LogP contribution in [0.2, 0.25) is 0 Å². The molecule has 1 aliphatic rings. The van der Waals surface area contributed by atoms with Crippen molar-refractivity contribution in [1.82, 2.24) is 24.6 Å². The van der Waals surface area contributed by atoms with Crippen LogP contribution < -0.4 is 15.6 Å². The summed E-state index contributed by atoms with van der Waals surface area (Å²) in [6.07, 6.45) is -1.82. The summed E-state index contributed by atoms with van der Waals surface area (Å²) in [5.41, 5.74) is 4.49. The molecule has 3 heterocycles. The molecule has 0 radical (unpaired) electrons. The van der Waals surface area contributed by atoms with Crippen molar-refractivity contribution in [1.29, 1.82) is 0 Å². The molecule has 3 unspecified atom stereocenters. The number of hydrogen-bond acceptors (Lipinski definition) is 12. The van der Waals surface area contributed by atoms with Crippen LogP contribution in [0.15, 0.2) is 6.33 Å².